The van der Waals surface area contributed by atoms with Crippen molar-refractivity contribution >= 4 is 5.78 Å². The van der Waals surface area contributed by atoms with Gasteiger partial charge in [-0.1, -0.05) is 39.0 Å². The molecule has 0 fully saturated rings. The molecule has 0 aromatic heterocycles. The van der Waals surface area contributed by atoms with Gasteiger partial charge < -0.3 is 0 Å². The maximum atomic E-state index is 12.2. The van der Waals surface area contributed by atoms with Crippen LogP contribution in [0.1, 0.15) is 34.1 Å². The van der Waals surface area contributed by atoms with E-state index in [0.717, 1.165) is 12.0 Å². The first-order valence-electron chi connectivity index (χ1n) is 5.84. The van der Waals surface area contributed by atoms with Gasteiger partial charge in [-0.25, -0.2) is 0 Å². The number of carbonyl (C=O) groups excluding carboxylic acids is 1. The van der Waals surface area contributed by atoms with E-state index in [1.165, 1.54) is 0 Å². The molecule has 0 saturated heterocycles. The van der Waals surface area contributed by atoms with Crippen LogP contribution in [0.4, 0.5) is 0 Å². The molecule has 0 aliphatic heterocycles. The van der Waals surface area contributed by atoms with Crippen LogP contribution >= 0.6 is 0 Å². The van der Waals surface area contributed by atoms with Crippen molar-refractivity contribution < 1.29 is 4.79 Å². The lowest BCUT2D eigenvalue weighted by Crippen LogP contribution is -2.42. The molecule has 15 heavy (non-hydrogen) atoms. The summed E-state index contributed by atoms with van der Waals surface area (Å²) in [5.74, 6) is 1.49. The molecule has 0 saturated carbocycles. The molecule has 0 bridgehead atoms. The summed E-state index contributed by atoms with van der Waals surface area (Å²) < 4.78 is 0. The Hall–Kier alpha value is -0.850. The summed E-state index contributed by atoms with van der Waals surface area (Å²) in [5, 5.41) is 0. The van der Waals surface area contributed by atoms with Gasteiger partial charge >= 0.3 is 0 Å². The van der Waals surface area contributed by atoms with Gasteiger partial charge in [0, 0.05) is 5.92 Å². The van der Waals surface area contributed by atoms with Gasteiger partial charge in [-0.2, -0.15) is 0 Å². The Bertz CT molecular complexity index is 346. The fourth-order valence-corrected chi connectivity index (χ4v) is 3.26. The molecule has 0 aromatic carbocycles. The van der Waals surface area contributed by atoms with Crippen LogP contribution in [0.5, 0.6) is 0 Å². The highest BCUT2D eigenvalue weighted by molar-refractivity contribution is 5.98. The predicted molar refractivity (Wildman–Crippen MR) is 62.4 cm³/mol. The zero-order chi connectivity index (χ0) is 11.2. The Morgan fingerprint density at radius 3 is 2.73 bits per heavy atom. The van der Waals surface area contributed by atoms with E-state index in [9.17, 15) is 4.79 Å². The third kappa shape index (κ3) is 1.58. The molecule has 0 radical (unpaired) electrons. The normalized spacial score (nSPS) is 38.5. The summed E-state index contributed by atoms with van der Waals surface area (Å²) in [7, 11) is 0. The largest absolute Gasteiger partial charge is 0.294 e. The van der Waals surface area contributed by atoms with Gasteiger partial charge in [0.15, 0.2) is 5.78 Å². The highest BCUT2D eigenvalue weighted by atomic mass is 16.1. The third-order valence-corrected chi connectivity index (χ3v) is 4.07. The zero-order valence-electron chi connectivity index (χ0n) is 10.1. The van der Waals surface area contributed by atoms with Gasteiger partial charge in [0.2, 0.25) is 0 Å². The van der Waals surface area contributed by atoms with Gasteiger partial charge in [-0.3, -0.25) is 4.79 Å². The first-order valence-corrected chi connectivity index (χ1v) is 5.84. The maximum absolute atomic E-state index is 12.2. The zero-order valence-corrected chi connectivity index (χ0v) is 10.1. The highest BCUT2D eigenvalue weighted by Gasteiger charge is 2.44. The Morgan fingerprint density at radius 2 is 2.07 bits per heavy atom. The first kappa shape index (κ1) is 10.7. The lowest BCUT2D eigenvalue weighted by molar-refractivity contribution is -0.124. The van der Waals surface area contributed by atoms with Crippen LogP contribution in [0.2, 0.25) is 0 Å². The Kier molecular flexibility index (Phi) is 2.37. The topological polar surface area (TPSA) is 17.1 Å². The third-order valence-electron chi connectivity index (χ3n) is 4.07. The van der Waals surface area contributed by atoms with Crippen LogP contribution in [-0.4, -0.2) is 5.78 Å². The first-order chi connectivity index (χ1) is 6.93. The second kappa shape index (κ2) is 3.33. The van der Waals surface area contributed by atoms with E-state index in [2.05, 4.69) is 39.0 Å². The summed E-state index contributed by atoms with van der Waals surface area (Å²) in [6.45, 7) is 8.64. The van der Waals surface area contributed by atoms with Gasteiger partial charge in [0.1, 0.15) is 0 Å². The lowest BCUT2D eigenvalue weighted by atomic mass is 9.59. The fourth-order valence-electron chi connectivity index (χ4n) is 3.26. The number of Topliss-reactive ketones (excluding diaryl/α,β-unsaturated/α-hetero) is 1. The molecule has 1 heteroatoms. The Morgan fingerprint density at radius 1 is 1.40 bits per heavy atom. The molecule has 0 spiro atoms. The molecular weight excluding hydrogens is 184 g/mol. The van der Waals surface area contributed by atoms with Crippen LogP contribution in [0.25, 0.3) is 0 Å². The standard InChI is InChI=1S/C14H20O/c1-9-6-5-7-11-12(9)13(15)10(2)8-14(11,3)4/h5-6,8-9,11-12H,7H2,1-4H3/t9-,11+,12-/m1/s1. The van der Waals surface area contributed by atoms with Crippen LogP contribution in [0, 0.1) is 23.2 Å². The smallest absolute Gasteiger partial charge is 0.162 e. The summed E-state index contributed by atoms with van der Waals surface area (Å²) in [6, 6.07) is 0. The van der Waals surface area contributed by atoms with Gasteiger partial charge in [-0.15, -0.1) is 0 Å². The number of rotatable bonds is 0. The number of ketones is 1. The minimum atomic E-state index is 0.168. The average Bonchev–Trinajstić information content (AvgIpc) is 2.14. The Labute approximate surface area is 92.3 Å². The van der Waals surface area contributed by atoms with Crippen LogP contribution < -0.4 is 0 Å². The van der Waals surface area contributed by atoms with Crippen molar-refractivity contribution in [3.8, 4) is 0 Å². The molecule has 0 heterocycles. The number of hydrogen-bond acceptors (Lipinski definition) is 1. The number of carbonyl (C=O) groups is 1. The molecule has 3 atom stereocenters. The molecule has 0 N–H and O–H groups in total. The van der Waals surface area contributed by atoms with Crippen molar-refractivity contribution in [2.24, 2.45) is 23.2 Å². The quantitative estimate of drug-likeness (QED) is 0.553. The van der Waals surface area contributed by atoms with Crippen molar-refractivity contribution in [2.75, 3.05) is 0 Å². The van der Waals surface area contributed by atoms with Crippen molar-refractivity contribution in [1.82, 2.24) is 0 Å². The summed E-state index contributed by atoms with van der Waals surface area (Å²) >= 11 is 0. The molecule has 1 nitrogen and oxygen atoms in total. The molecule has 82 valence electrons. The maximum Gasteiger partial charge on any atom is 0.162 e. The van der Waals surface area contributed by atoms with E-state index in [1.807, 2.05) is 6.92 Å². The van der Waals surface area contributed by atoms with Gasteiger partial charge in [-0.05, 0) is 36.2 Å². The van der Waals surface area contributed by atoms with Crippen LogP contribution in [0.3, 0.4) is 0 Å². The van der Waals surface area contributed by atoms with Crippen molar-refractivity contribution in [3.05, 3.63) is 23.8 Å². The SMILES string of the molecule is CC1=CC(C)(C)[C@H]2CC=C[C@@H](C)[C@H]2C1=O. The lowest BCUT2D eigenvalue weighted by Gasteiger charge is -2.44. The Balaban J connectivity index is 2.46. The minimum Gasteiger partial charge on any atom is -0.294 e. The van der Waals surface area contributed by atoms with Crippen LogP contribution in [0.15, 0.2) is 23.8 Å². The van der Waals surface area contributed by atoms with E-state index in [0.29, 0.717) is 17.6 Å². The van der Waals surface area contributed by atoms with Crippen molar-refractivity contribution in [1.29, 1.82) is 0 Å². The predicted octanol–water partition coefficient (Wildman–Crippen LogP) is 3.37. The molecule has 0 unspecified atom stereocenters. The summed E-state index contributed by atoms with van der Waals surface area (Å²) in [4.78, 5) is 12.2. The number of allylic oxidation sites excluding steroid dienone is 4. The van der Waals surface area contributed by atoms with E-state index in [4.69, 9.17) is 0 Å². The average molecular weight is 204 g/mol. The minimum absolute atomic E-state index is 0.168. The van der Waals surface area contributed by atoms with E-state index in [1.54, 1.807) is 0 Å². The van der Waals surface area contributed by atoms with Crippen molar-refractivity contribution in [2.45, 2.75) is 34.1 Å². The summed E-state index contributed by atoms with van der Waals surface area (Å²) in [5.41, 5.74) is 1.13. The van der Waals surface area contributed by atoms with Gasteiger partial charge in [0.05, 0.1) is 0 Å². The molecule has 2 aliphatic rings. The second-order valence-corrected chi connectivity index (χ2v) is 5.67. The monoisotopic (exact) mass is 204 g/mol. The second-order valence-electron chi connectivity index (χ2n) is 5.67. The molecule has 2 aliphatic carbocycles. The highest BCUT2D eigenvalue weighted by Crippen LogP contribution is 2.47. The molecule has 2 rings (SSSR count). The molecular formula is C14H20O. The fraction of sp³-hybridized carbons (Fsp3) is 0.643. The van der Waals surface area contributed by atoms with E-state index < -0.39 is 0 Å². The molecule has 0 amide bonds. The number of fused-ring (bicyclic) bond motifs is 1. The van der Waals surface area contributed by atoms with Crippen molar-refractivity contribution in [3.63, 3.8) is 0 Å². The summed E-state index contributed by atoms with van der Waals surface area (Å²) in [6.07, 6.45) is 7.67. The molecule has 0 aromatic rings. The van der Waals surface area contributed by atoms with Gasteiger partial charge in [0.25, 0.3) is 0 Å². The van der Waals surface area contributed by atoms with E-state index in [-0.39, 0.29) is 11.3 Å². The number of hydrogen-bond donors (Lipinski definition) is 0. The van der Waals surface area contributed by atoms with E-state index >= 15 is 0 Å². The van der Waals surface area contributed by atoms with Crippen LogP contribution in [-0.2, 0) is 4.79 Å².